The summed E-state index contributed by atoms with van der Waals surface area (Å²) in [6, 6.07) is 15.6. The fourth-order valence-electron chi connectivity index (χ4n) is 3.38. The summed E-state index contributed by atoms with van der Waals surface area (Å²) in [6.07, 6.45) is 0.428. The Morgan fingerprint density at radius 3 is 2.76 bits per heavy atom. The first kappa shape index (κ1) is 19.1. The van der Waals surface area contributed by atoms with Crippen LogP contribution in [0.3, 0.4) is 0 Å². The second-order valence-electron chi connectivity index (χ2n) is 7.51. The van der Waals surface area contributed by atoms with Gasteiger partial charge in [-0.05, 0) is 37.6 Å². The van der Waals surface area contributed by atoms with Crippen molar-refractivity contribution in [1.82, 2.24) is 10.2 Å². The van der Waals surface area contributed by atoms with Crippen LogP contribution in [0.1, 0.15) is 31.4 Å². The van der Waals surface area contributed by atoms with E-state index in [1.54, 1.807) is 4.90 Å². The number of benzene rings is 2. The summed E-state index contributed by atoms with van der Waals surface area (Å²) in [4.78, 5) is 20.1. The molecule has 1 atom stereocenters. The van der Waals surface area contributed by atoms with Crippen LogP contribution in [-0.2, 0) is 11.4 Å². The van der Waals surface area contributed by atoms with Crippen molar-refractivity contribution in [2.24, 2.45) is 5.16 Å². The highest BCUT2D eigenvalue weighted by Crippen LogP contribution is 2.33. The van der Waals surface area contributed by atoms with Crippen LogP contribution in [0.15, 0.2) is 53.7 Å². The number of rotatable bonds is 6. The average molecular weight is 395 g/mol. The van der Waals surface area contributed by atoms with Gasteiger partial charge in [-0.1, -0.05) is 35.5 Å². The average Bonchev–Trinajstić information content (AvgIpc) is 3.36. The van der Waals surface area contributed by atoms with Crippen molar-refractivity contribution in [2.45, 2.75) is 39.0 Å². The van der Waals surface area contributed by atoms with Gasteiger partial charge in [-0.25, -0.2) is 4.79 Å². The molecule has 2 aliphatic heterocycles. The summed E-state index contributed by atoms with van der Waals surface area (Å²) in [7, 11) is 0. The Bertz CT molecular complexity index is 898. The first-order valence-electron chi connectivity index (χ1n) is 9.80. The maximum atomic E-state index is 12.7. The van der Waals surface area contributed by atoms with Crippen molar-refractivity contribution in [2.75, 3.05) is 13.3 Å². The molecule has 29 heavy (non-hydrogen) atoms. The maximum Gasteiger partial charge on any atom is 0.318 e. The number of hydrogen-bond donors (Lipinski definition) is 1. The number of carbonyl (C=O) groups is 1. The van der Waals surface area contributed by atoms with Crippen LogP contribution >= 0.6 is 0 Å². The summed E-state index contributed by atoms with van der Waals surface area (Å²) >= 11 is 0. The van der Waals surface area contributed by atoms with E-state index in [4.69, 9.17) is 14.3 Å². The molecule has 0 aliphatic carbocycles. The zero-order valence-electron chi connectivity index (χ0n) is 16.6. The molecular formula is C22H25N3O4. The Morgan fingerprint density at radius 1 is 1.17 bits per heavy atom. The molecule has 0 saturated carbocycles. The number of carbonyl (C=O) groups excluding carboxylic acids is 1. The van der Waals surface area contributed by atoms with Gasteiger partial charge in [-0.3, -0.25) is 0 Å². The minimum Gasteiger partial charge on any atom is -0.454 e. The number of oxime groups is 1. The van der Waals surface area contributed by atoms with Crippen molar-refractivity contribution in [3.63, 3.8) is 0 Å². The van der Waals surface area contributed by atoms with E-state index in [2.05, 4.69) is 10.5 Å². The Labute approximate surface area is 170 Å². The standard InChI is InChI=1S/C22H25N3O4/c1-15(2)23-22(26)25(12-16-6-4-3-5-7-16)13-18-11-19(24-29-18)17-8-9-20-21(10-17)28-14-27-20/h3-10,15,18H,11-14H2,1-2H3,(H,23,26)/t18-/m0/s1. The molecule has 0 spiro atoms. The molecule has 152 valence electrons. The van der Waals surface area contributed by atoms with E-state index in [1.165, 1.54) is 0 Å². The summed E-state index contributed by atoms with van der Waals surface area (Å²) in [6.45, 7) is 5.10. The van der Waals surface area contributed by atoms with Crippen LogP contribution in [0.5, 0.6) is 11.5 Å². The molecular weight excluding hydrogens is 370 g/mol. The van der Waals surface area contributed by atoms with Gasteiger partial charge in [0.2, 0.25) is 6.79 Å². The van der Waals surface area contributed by atoms with E-state index in [0.29, 0.717) is 19.5 Å². The SMILES string of the molecule is CC(C)NC(=O)N(Cc1ccccc1)C[C@@H]1CC(c2ccc3c(c2)OCO3)=NO1. The Kier molecular flexibility index (Phi) is 5.55. The maximum absolute atomic E-state index is 12.7. The Morgan fingerprint density at radius 2 is 1.97 bits per heavy atom. The molecule has 0 fully saturated rings. The monoisotopic (exact) mass is 395 g/mol. The van der Waals surface area contributed by atoms with Crippen molar-refractivity contribution < 1.29 is 19.1 Å². The fourth-order valence-corrected chi connectivity index (χ4v) is 3.38. The molecule has 4 rings (SSSR count). The predicted octanol–water partition coefficient (Wildman–Crippen LogP) is 3.53. The number of hydrogen-bond acceptors (Lipinski definition) is 5. The van der Waals surface area contributed by atoms with Crippen LogP contribution in [0.25, 0.3) is 0 Å². The lowest BCUT2D eigenvalue weighted by molar-refractivity contribution is 0.0586. The van der Waals surface area contributed by atoms with E-state index in [0.717, 1.165) is 28.3 Å². The highest BCUT2D eigenvalue weighted by atomic mass is 16.7. The van der Waals surface area contributed by atoms with Gasteiger partial charge in [-0.15, -0.1) is 0 Å². The van der Waals surface area contributed by atoms with Gasteiger partial charge in [0.1, 0.15) is 0 Å². The van der Waals surface area contributed by atoms with Crippen molar-refractivity contribution in [3.8, 4) is 11.5 Å². The minimum atomic E-state index is -0.197. The van der Waals surface area contributed by atoms with Gasteiger partial charge in [0.15, 0.2) is 17.6 Å². The highest BCUT2D eigenvalue weighted by Gasteiger charge is 2.28. The van der Waals surface area contributed by atoms with Crippen molar-refractivity contribution in [1.29, 1.82) is 0 Å². The lowest BCUT2D eigenvalue weighted by Crippen LogP contribution is -2.45. The molecule has 0 bridgehead atoms. The van der Waals surface area contributed by atoms with Gasteiger partial charge >= 0.3 is 6.03 Å². The Balaban J connectivity index is 1.42. The number of urea groups is 1. The Hall–Kier alpha value is -3.22. The molecule has 2 aliphatic rings. The summed E-state index contributed by atoms with van der Waals surface area (Å²) in [5.41, 5.74) is 2.86. The molecule has 0 saturated heterocycles. The second-order valence-corrected chi connectivity index (χ2v) is 7.51. The summed E-state index contributed by atoms with van der Waals surface area (Å²) < 4.78 is 10.8. The first-order chi connectivity index (χ1) is 14.1. The van der Waals surface area contributed by atoms with Gasteiger partial charge in [-0.2, -0.15) is 0 Å². The summed E-state index contributed by atoms with van der Waals surface area (Å²) in [5.74, 6) is 1.46. The molecule has 2 amide bonds. The minimum absolute atomic E-state index is 0.0608. The number of nitrogens with zero attached hydrogens (tertiary/aromatic N) is 2. The molecule has 2 aromatic carbocycles. The molecule has 7 heteroatoms. The molecule has 2 heterocycles. The van der Waals surface area contributed by atoms with Gasteiger partial charge in [0.05, 0.1) is 12.3 Å². The molecule has 7 nitrogen and oxygen atoms in total. The largest absolute Gasteiger partial charge is 0.454 e. The van der Waals surface area contributed by atoms with Crippen molar-refractivity contribution >= 4 is 11.7 Å². The zero-order chi connectivity index (χ0) is 20.2. The van der Waals surface area contributed by atoms with Crippen LogP contribution in [0, 0.1) is 0 Å². The van der Waals surface area contributed by atoms with E-state index < -0.39 is 0 Å². The molecule has 0 unspecified atom stereocenters. The molecule has 1 N–H and O–H groups in total. The van der Waals surface area contributed by atoms with Crippen LogP contribution < -0.4 is 14.8 Å². The van der Waals surface area contributed by atoms with Crippen LogP contribution in [0.2, 0.25) is 0 Å². The smallest absolute Gasteiger partial charge is 0.318 e. The third-order valence-electron chi connectivity index (χ3n) is 4.78. The number of ether oxygens (including phenoxy) is 2. The number of fused-ring (bicyclic) bond motifs is 1. The quantitative estimate of drug-likeness (QED) is 0.812. The topological polar surface area (TPSA) is 72.4 Å². The molecule has 2 aromatic rings. The molecule has 0 aromatic heterocycles. The van der Waals surface area contributed by atoms with Crippen LogP contribution in [0.4, 0.5) is 4.79 Å². The highest BCUT2D eigenvalue weighted by molar-refractivity contribution is 6.01. The van der Waals surface area contributed by atoms with Gasteiger partial charge in [0.25, 0.3) is 0 Å². The van der Waals surface area contributed by atoms with Gasteiger partial charge in [0, 0.05) is 24.6 Å². The van der Waals surface area contributed by atoms with E-state index in [-0.39, 0.29) is 25.0 Å². The zero-order valence-corrected chi connectivity index (χ0v) is 16.6. The lowest BCUT2D eigenvalue weighted by atomic mass is 10.0. The number of amides is 2. The second kappa shape index (κ2) is 8.43. The van der Waals surface area contributed by atoms with E-state index in [9.17, 15) is 4.79 Å². The van der Waals surface area contributed by atoms with E-state index in [1.807, 2.05) is 62.4 Å². The van der Waals surface area contributed by atoms with E-state index >= 15 is 0 Å². The third kappa shape index (κ3) is 4.62. The fraction of sp³-hybridized carbons (Fsp3) is 0.364. The van der Waals surface area contributed by atoms with Gasteiger partial charge < -0.3 is 24.5 Å². The lowest BCUT2D eigenvalue weighted by Gasteiger charge is -2.26. The summed E-state index contributed by atoms with van der Waals surface area (Å²) in [5, 5.41) is 7.23. The van der Waals surface area contributed by atoms with Crippen LogP contribution in [-0.4, -0.2) is 42.1 Å². The third-order valence-corrected chi connectivity index (χ3v) is 4.78. The first-order valence-corrected chi connectivity index (χ1v) is 9.80. The van der Waals surface area contributed by atoms with Crippen molar-refractivity contribution in [3.05, 3.63) is 59.7 Å². The number of nitrogens with one attached hydrogen (secondary N) is 1. The normalized spacial score (nSPS) is 17.1. The molecule has 0 radical (unpaired) electrons. The predicted molar refractivity (Wildman–Crippen MR) is 109 cm³/mol.